The number of amides is 1. The van der Waals surface area contributed by atoms with E-state index in [-0.39, 0.29) is 5.91 Å². The van der Waals surface area contributed by atoms with Crippen molar-refractivity contribution in [1.82, 2.24) is 15.1 Å². The third kappa shape index (κ3) is 6.44. The van der Waals surface area contributed by atoms with Crippen LogP contribution in [0.3, 0.4) is 0 Å². The van der Waals surface area contributed by atoms with Gasteiger partial charge in [-0.3, -0.25) is 9.69 Å². The maximum atomic E-state index is 11.7. The monoisotopic (exact) mass is 401 g/mol. The molecule has 0 spiro atoms. The van der Waals surface area contributed by atoms with Gasteiger partial charge in [-0.15, -0.1) is 0 Å². The summed E-state index contributed by atoms with van der Waals surface area (Å²) in [5.74, 6) is 1.06. The quantitative estimate of drug-likeness (QED) is 0.542. The SMILES string of the molecule is CCCC(=O)Nc1ccc(CN=C(NCC)N2CCC(N3CCOCC3)C2)cc1. The average molecular weight is 402 g/mol. The highest BCUT2D eigenvalue weighted by atomic mass is 16.5. The zero-order chi connectivity index (χ0) is 20.5. The van der Waals surface area contributed by atoms with Gasteiger partial charge in [0.15, 0.2) is 5.96 Å². The van der Waals surface area contributed by atoms with Crippen molar-refractivity contribution in [3.63, 3.8) is 0 Å². The Kier molecular flexibility index (Phi) is 8.31. The van der Waals surface area contributed by atoms with E-state index in [4.69, 9.17) is 9.73 Å². The first kappa shape index (κ1) is 21.6. The van der Waals surface area contributed by atoms with E-state index in [1.807, 2.05) is 31.2 Å². The number of hydrogen-bond donors (Lipinski definition) is 2. The van der Waals surface area contributed by atoms with Crippen molar-refractivity contribution in [1.29, 1.82) is 0 Å². The van der Waals surface area contributed by atoms with E-state index < -0.39 is 0 Å². The molecule has 2 aliphatic heterocycles. The highest BCUT2D eigenvalue weighted by Crippen LogP contribution is 2.18. The number of nitrogens with zero attached hydrogens (tertiary/aromatic N) is 3. The molecule has 160 valence electrons. The number of ether oxygens (including phenoxy) is 1. The van der Waals surface area contributed by atoms with Gasteiger partial charge < -0.3 is 20.3 Å². The number of anilines is 1. The lowest BCUT2D eigenvalue weighted by molar-refractivity contribution is -0.116. The molecule has 1 atom stereocenters. The Balaban J connectivity index is 1.55. The number of carbonyl (C=O) groups is 1. The van der Waals surface area contributed by atoms with Crippen molar-refractivity contribution >= 4 is 17.6 Å². The maximum absolute atomic E-state index is 11.7. The van der Waals surface area contributed by atoms with Gasteiger partial charge in [0.05, 0.1) is 19.8 Å². The minimum Gasteiger partial charge on any atom is -0.379 e. The van der Waals surface area contributed by atoms with Crippen LogP contribution in [-0.2, 0) is 16.1 Å². The minimum atomic E-state index is 0.0663. The molecule has 2 fully saturated rings. The van der Waals surface area contributed by atoms with Crippen molar-refractivity contribution in [2.45, 2.75) is 45.7 Å². The van der Waals surface area contributed by atoms with E-state index in [1.165, 1.54) is 6.42 Å². The van der Waals surface area contributed by atoms with Gasteiger partial charge in [-0.1, -0.05) is 19.1 Å². The number of aliphatic imine (C=N–C) groups is 1. The van der Waals surface area contributed by atoms with Gasteiger partial charge >= 0.3 is 0 Å². The lowest BCUT2D eigenvalue weighted by Crippen LogP contribution is -2.46. The summed E-state index contributed by atoms with van der Waals surface area (Å²) in [4.78, 5) is 21.5. The summed E-state index contributed by atoms with van der Waals surface area (Å²) < 4.78 is 5.49. The fraction of sp³-hybridized carbons (Fsp3) is 0.636. The fourth-order valence-corrected chi connectivity index (χ4v) is 3.91. The summed E-state index contributed by atoms with van der Waals surface area (Å²) >= 11 is 0. The first-order chi connectivity index (χ1) is 14.2. The number of guanidine groups is 1. The minimum absolute atomic E-state index is 0.0663. The van der Waals surface area contributed by atoms with Crippen LogP contribution in [0.1, 0.15) is 38.7 Å². The number of hydrogen-bond acceptors (Lipinski definition) is 4. The average Bonchev–Trinajstić information content (AvgIpc) is 3.23. The largest absolute Gasteiger partial charge is 0.379 e. The smallest absolute Gasteiger partial charge is 0.224 e. The fourth-order valence-electron chi connectivity index (χ4n) is 3.91. The third-order valence-electron chi connectivity index (χ3n) is 5.49. The van der Waals surface area contributed by atoms with E-state index in [0.717, 1.165) is 69.6 Å². The maximum Gasteiger partial charge on any atom is 0.224 e. The molecule has 1 aromatic rings. The van der Waals surface area contributed by atoms with Crippen LogP contribution in [0.5, 0.6) is 0 Å². The lowest BCUT2D eigenvalue weighted by atomic mass is 10.2. The Morgan fingerprint density at radius 1 is 1.17 bits per heavy atom. The zero-order valence-electron chi connectivity index (χ0n) is 17.8. The molecule has 1 unspecified atom stereocenters. The molecular weight excluding hydrogens is 366 g/mol. The van der Waals surface area contributed by atoms with Gasteiger partial charge in [0.1, 0.15) is 0 Å². The zero-order valence-corrected chi connectivity index (χ0v) is 17.8. The molecule has 2 heterocycles. The van der Waals surface area contributed by atoms with Crippen molar-refractivity contribution in [3.8, 4) is 0 Å². The normalized spacial score (nSPS) is 20.7. The van der Waals surface area contributed by atoms with Gasteiger partial charge in [0, 0.05) is 50.9 Å². The number of carbonyl (C=O) groups excluding carboxylic acids is 1. The highest BCUT2D eigenvalue weighted by molar-refractivity contribution is 5.90. The highest BCUT2D eigenvalue weighted by Gasteiger charge is 2.30. The van der Waals surface area contributed by atoms with Gasteiger partial charge in [-0.2, -0.15) is 0 Å². The molecule has 2 saturated heterocycles. The Labute approximate surface area is 174 Å². The predicted octanol–water partition coefficient (Wildman–Crippen LogP) is 2.30. The summed E-state index contributed by atoms with van der Waals surface area (Å²) in [6, 6.07) is 8.57. The predicted molar refractivity (Wildman–Crippen MR) is 117 cm³/mol. The van der Waals surface area contributed by atoms with Crippen molar-refractivity contribution in [3.05, 3.63) is 29.8 Å². The first-order valence-electron chi connectivity index (χ1n) is 10.9. The third-order valence-corrected chi connectivity index (χ3v) is 5.49. The number of rotatable bonds is 7. The molecule has 0 bridgehead atoms. The molecule has 1 aromatic carbocycles. The molecular formula is C22H35N5O2. The molecule has 1 amide bonds. The molecule has 7 heteroatoms. The Bertz CT molecular complexity index is 670. The second-order valence-corrected chi connectivity index (χ2v) is 7.70. The molecule has 7 nitrogen and oxygen atoms in total. The van der Waals surface area contributed by atoms with Crippen LogP contribution in [0.4, 0.5) is 5.69 Å². The number of morpholine rings is 1. The number of nitrogens with one attached hydrogen (secondary N) is 2. The van der Waals surface area contributed by atoms with E-state index in [0.29, 0.717) is 19.0 Å². The summed E-state index contributed by atoms with van der Waals surface area (Å²) in [6.07, 6.45) is 2.59. The lowest BCUT2D eigenvalue weighted by Gasteiger charge is -2.32. The van der Waals surface area contributed by atoms with E-state index >= 15 is 0 Å². The molecule has 29 heavy (non-hydrogen) atoms. The van der Waals surface area contributed by atoms with E-state index in [1.54, 1.807) is 0 Å². The molecule has 0 radical (unpaired) electrons. The van der Waals surface area contributed by atoms with Crippen LogP contribution in [0.25, 0.3) is 0 Å². The Morgan fingerprint density at radius 2 is 1.93 bits per heavy atom. The summed E-state index contributed by atoms with van der Waals surface area (Å²) in [6.45, 7) is 11.4. The Morgan fingerprint density at radius 3 is 2.62 bits per heavy atom. The second-order valence-electron chi connectivity index (χ2n) is 7.70. The number of likely N-dealkylation sites (tertiary alicyclic amines) is 1. The van der Waals surface area contributed by atoms with Gasteiger partial charge in [-0.05, 0) is 37.5 Å². The number of benzene rings is 1. The first-order valence-corrected chi connectivity index (χ1v) is 10.9. The van der Waals surface area contributed by atoms with E-state index in [9.17, 15) is 4.79 Å². The van der Waals surface area contributed by atoms with Crippen LogP contribution in [-0.4, -0.2) is 73.6 Å². The molecule has 2 aliphatic rings. The standard InChI is InChI=1S/C22H35N5O2/c1-3-5-21(28)25-19-8-6-18(7-9-19)16-24-22(23-4-2)27-11-10-20(17-27)26-12-14-29-15-13-26/h6-9,20H,3-5,10-17H2,1-2H3,(H,23,24)(H,25,28). The molecule has 3 rings (SSSR count). The molecule has 0 aromatic heterocycles. The van der Waals surface area contributed by atoms with Crippen LogP contribution >= 0.6 is 0 Å². The van der Waals surface area contributed by atoms with Crippen molar-refractivity contribution < 1.29 is 9.53 Å². The summed E-state index contributed by atoms with van der Waals surface area (Å²) in [5, 5.41) is 6.37. The molecule has 2 N–H and O–H groups in total. The van der Waals surface area contributed by atoms with Crippen LogP contribution in [0.2, 0.25) is 0 Å². The van der Waals surface area contributed by atoms with Gasteiger partial charge in [0.2, 0.25) is 5.91 Å². The van der Waals surface area contributed by atoms with Gasteiger partial charge in [0.25, 0.3) is 0 Å². The molecule has 0 aliphatic carbocycles. The van der Waals surface area contributed by atoms with Gasteiger partial charge in [-0.25, -0.2) is 4.99 Å². The molecule has 0 saturated carbocycles. The summed E-state index contributed by atoms with van der Waals surface area (Å²) in [5.41, 5.74) is 1.98. The topological polar surface area (TPSA) is 69.2 Å². The van der Waals surface area contributed by atoms with Crippen LogP contribution in [0.15, 0.2) is 29.3 Å². The van der Waals surface area contributed by atoms with Crippen molar-refractivity contribution in [2.24, 2.45) is 4.99 Å². The van der Waals surface area contributed by atoms with Crippen LogP contribution in [0, 0.1) is 0 Å². The van der Waals surface area contributed by atoms with Crippen LogP contribution < -0.4 is 10.6 Å². The summed E-state index contributed by atoms with van der Waals surface area (Å²) in [7, 11) is 0. The van der Waals surface area contributed by atoms with Crippen molar-refractivity contribution in [2.75, 3.05) is 51.3 Å². The second kappa shape index (κ2) is 11.2. The van der Waals surface area contributed by atoms with E-state index in [2.05, 4.69) is 27.4 Å². The Hall–Kier alpha value is -2.12.